The minimum atomic E-state index is -0.749. The Bertz CT molecular complexity index is 1730. The number of carbonyl (C=O) groups is 1. The second kappa shape index (κ2) is 11.8. The summed E-state index contributed by atoms with van der Waals surface area (Å²) in [6, 6.07) is 10.4. The second-order valence-corrected chi connectivity index (χ2v) is 13.3. The van der Waals surface area contributed by atoms with Gasteiger partial charge in [-0.1, -0.05) is 6.07 Å². The molecule has 1 aromatic carbocycles. The monoisotopic (exact) mass is 612 g/mol. The number of imidazole rings is 1. The molecule has 4 heterocycles. The zero-order valence-corrected chi connectivity index (χ0v) is 26.2. The van der Waals surface area contributed by atoms with Gasteiger partial charge in [-0.15, -0.1) is 0 Å². The van der Waals surface area contributed by atoms with Crippen molar-refractivity contribution in [1.82, 2.24) is 24.4 Å². The van der Waals surface area contributed by atoms with Crippen LogP contribution in [0.2, 0.25) is 0 Å². The number of halogens is 1. The molecule has 3 fully saturated rings. The van der Waals surface area contributed by atoms with Crippen LogP contribution in [0.3, 0.4) is 0 Å². The molecule has 9 nitrogen and oxygen atoms in total. The number of hydrogen-bond acceptors (Lipinski definition) is 7. The molecule has 2 N–H and O–H groups in total. The highest BCUT2D eigenvalue weighted by atomic mass is 19.1. The molecular formula is C35H41FN6O3. The molecule has 236 valence electrons. The number of ether oxygens (including phenoxy) is 1. The van der Waals surface area contributed by atoms with Crippen molar-refractivity contribution < 1.29 is 19.0 Å². The number of nitrogens with one attached hydrogen (secondary N) is 1. The summed E-state index contributed by atoms with van der Waals surface area (Å²) in [4.78, 5) is 29.9. The van der Waals surface area contributed by atoms with Crippen molar-refractivity contribution in [2.24, 2.45) is 0 Å². The van der Waals surface area contributed by atoms with Crippen molar-refractivity contribution in [3.8, 4) is 17.0 Å². The van der Waals surface area contributed by atoms with Gasteiger partial charge in [-0.25, -0.2) is 14.4 Å². The third-order valence-electron chi connectivity index (χ3n) is 9.99. The number of anilines is 1. The van der Waals surface area contributed by atoms with E-state index in [2.05, 4.69) is 43.0 Å². The van der Waals surface area contributed by atoms with Crippen molar-refractivity contribution in [1.29, 1.82) is 0 Å². The SMILES string of the molecule is COc1ccncc1-c1nc(C)cc(C(=O)Nc2nc3cc(C4CCN(C5CC5)CC4)ccc3n2[C@H]2CC[C@@](C)(O)CC2)c1F. The van der Waals surface area contributed by atoms with Crippen LogP contribution in [0.4, 0.5) is 10.3 Å². The van der Waals surface area contributed by atoms with E-state index < -0.39 is 17.3 Å². The number of aliphatic hydroxyl groups is 1. The lowest BCUT2D eigenvalue weighted by atomic mass is 9.83. The van der Waals surface area contributed by atoms with E-state index in [1.165, 1.54) is 37.8 Å². The Morgan fingerprint density at radius 1 is 1.04 bits per heavy atom. The molecule has 3 aromatic heterocycles. The van der Waals surface area contributed by atoms with Crippen molar-refractivity contribution in [3.63, 3.8) is 0 Å². The van der Waals surface area contributed by atoms with Gasteiger partial charge in [-0.05, 0) is 114 Å². The summed E-state index contributed by atoms with van der Waals surface area (Å²) in [5.41, 5.74) is 3.05. The molecule has 10 heteroatoms. The average molecular weight is 613 g/mol. The van der Waals surface area contributed by atoms with E-state index in [0.29, 0.717) is 41.7 Å². The van der Waals surface area contributed by atoms with E-state index in [1.54, 1.807) is 19.2 Å². The van der Waals surface area contributed by atoms with Crippen molar-refractivity contribution in [2.45, 2.75) is 88.8 Å². The molecule has 0 bridgehead atoms. The first-order valence-corrected chi connectivity index (χ1v) is 16.2. The quantitative estimate of drug-likeness (QED) is 0.249. The minimum absolute atomic E-state index is 0.00508. The number of hydrogen-bond donors (Lipinski definition) is 2. The Hall–Kier alpha value is -3.89. The first kappa shape index (κ1) is 29.8. The fraction of sp³-hybridized carbons (Fsp3) is 0.486. The molecule has 1 amide bonds. The number of nitrogens with zero attached hydrogens (tertiary/aromatic N) is 5. The van der Waals surface area contributed by atoms with Crippen LogP contribution in [0.15, 0.2) is 42.7 Å². The van der Waals surface area contributed by atoms with Gasteiger partial charge in [0, 0.05) is 30.2 Å². The predicted octanol–water partition coefficient (Wildman–Crippen LogP) is 6.41. The van der Waals surface area contributed by atoms with Gasteiger partial charge in [-0.2, -0.15) is 0 Å². The number of likely N-dealkylation sites (tertiary alicyclic amines) is 1. The van der Waals surface area contributed by atoms with Crippen molar-refractivity contribution in [2.75, 3.05) is 25.5 Å². The third kappa shape index (κ3) is 5.93. The normalized spacial score (nSPS) is 22.9. The molecule has 0 atom stereocenters. The van der Waals surface area contributed by atoms with Crippen LogP contribution < -0.4 is 10.1 Å². The van der Waals surface area contributed by atoms with Crippen molar-refractivity contribution >= 4 is 22.9 Å². The maximum atomic E-state index is 16.0. The van der Waals surface area contributed by atoms with E-state index in [-0.39, 0.29) is 17.3 Å². The van der Waals surface area contributed by atoms with Crippen LogP contribution in [0.5, 0.6) is 5.75 Å². The van der Waals surface area contributed by atoms with Gasteiger partial charge in [0.2, 0.25) is 5.95 Å². The van der Waals surface area contributed by atoms with E-state index in [1.807, 2.05) is 6.92 Å². The Morgan fingerprint density at radius 3 is 2.51 bits per heavy atom. The fourth-order valence-corrected chi connectivity index (χ4v) is 7.26. The van der Waals surface area contributed by atoms with E-state index in [0.717, 1.165) is 55.8 Å². The summed E-state index contributed by atoms with van der Waals surface area (Å²) >= 11 is 0. The summed E-state index contributed by atoms with van der Waals surface area (Å²) in [6.07, 6.45) is 10.8. The average Bonchev–Trinajstić information content (AvgIpc) is 3.83. The lowest BCUT2D eigenvalue weighted by Gasteiger charge is -2.34. The van der Waals surface area contributed by atoms with Gasteiger partial charge in [0.1, 0.15) is 11.4 Å². The molecule has 45 heavy (non-hydrogen) atoms. The van der Waals surface area contributed by atoms with Gasteiger partial charge in [0.05, 0.1) is 34.9 Å². The second-order valence-electron chi connectivity index (χ2n) is 13.3. The number of amides is 1. The van der Waals surface area contributed by atoms with Gasteiger partial charge < -0.3 is 19.3 Å². The zero-order valence-electron chi connectivity index (χ0n) is 26.2. The number of pyridine rings is 2. The number of benzene rings is 1. The first-order valence-electron chi connectivity index (χ1n) is 16.2. The Labute approximate surface area is 262 Å². The fourth-order valence-electron chi connectivity index (χ4n) is 7.26. The molecule has 4 aromatic rings. The van der Waals surface area contributed by atoms with Crippen LogP contribution in [-0.2, 0) is 0 Å². The standard InChI is InChI=1S/C35H41FN6O3/c1-21-18-26(31(36)32(38-21)27-20-37-15-10-30(27)45-3)33(43)40-34-39-28-19-23(22-11-16-41(17-12-22)24-5-6-24)4-7-29(28)42(34)25-8-13-35(2,44)14-9-25/h4,7,10,15,18-20,22,24-25,44H,5-6,8-9,11-14,16-17H2,1-3H3,(H,39,40,43)/t25-,35+. The van der Waals surface area contributed by atoms with Gasteiger partial charge >= 0.3 is 0 Å². The Kier molecular flexibility index (Phi) is 7.81. The predicted molar refractivity (Wildman–Crippen MR) is 171 cm³/mol. The third-order valence-corrected chi connectivity index (χ3v) is 9.99. The lowest BCUT2D eigenvalue weighted by molar-refractivity contribution is 0.0106. The number of aromatic nitrogens is 4. The number of piperidine rings is 1. The summed E-state index contributed by atoms with van der Waals surface area (Å²) in [7, 11) is 1.50. The molecule has 1 aliphatic heterocycles. The molecule has 2 aliphatic carbocycles. The number of rotatable bonds is 7. The lowest BCUT2D eigenvalue weighted by Crippen LogP contribution is -2.34. The number of carbonyl (C=O) groups excluding carboxylic acids is 1. The number of methoxy groups -OCH3 is 1. The molecule has 7 rings (SSSR count). The van der Waals surface area contributed by atoms with Crippen LogP contribution >= 0.6 is 0 Å². The molecule has 0 spiro atoms. The highest BCUT2D eigenvalue weighted by Crippen LogP contribution is 2.40. The summed E-state index contributed by atoms with van der Waals surface area (Å²) < 4.78 is 23.5. The van der Waals surface area contributed by atoms with E-state index >= 15 is 4.39 Å². The Morgan fingerprint density at radius 2 is 1.80 bits per heavy atom. The van der Waals surface area contributed by atoms with Crippen molar-refractivity contribution in [3.05, 3.63) is 65.4 Å². The summed E-state index contributed by atoms with van der Waals surface area (Å²) in [5, 5.41) is 13.6. The minimum Gasteiger partial charge on any atom is -0.496 e. The van der Waals surface area contributed by atoms with E-state index in [9.17, 15) is 9.90 Å². The molecule has 1 saturated heterocycles. The van der Waals surface area contributed by atoms with Gasteiger partial charge in [-0.3, -0.25) is 15.1 Å². The molecule has 0 radical (unpaired) electrons. The largest absolute Gasteiger partial charge is 0.496 e. The molecule has 2 saturated carbocycles. The topological polar surface area (TPSA) is 105 Å². The highest BCUT2D eigenvalue weighted by molar-refractivity contribution is 6.05. The molecular weight excluding hydrogens is 571 g/mol. The van der Waals surface area contributed by atoms with Crippen LogP contribution in [-0.4, -0.2) is 67.3 Å². The number of fused-ring (bicyclic) bond motifs is 1. The maximum Gasteiger partial charge on any atom is 0.261 e. The summed E-state index contributed by atoms with van der Waals surface area (Å²) in [5.74, 6) is -0.0714. The molecule has 3 aliphatic rings. The summed E-state index contributed by atoms with van der Waals surface area (Å²) in [6.45, 7) is 5.87. The van der Waals surface area contributed by atoms with Crippen LogP contribution in [0.1, 0.15) is 91.9 Å². The smallest absolute Gasteiger partial charge is 0.261 e. The number of aryl methyl sites for hydroxylation is 1. The molecule has 0 unspecified atom stereocenters. The van der Waals surface area contributed by atoms with Crippen LogP contribution in [0, 0.1) is 12.7 Å². The van der Waals surface area contributed by atoms with Crippen LogP contribution in [0.25, 0.3) is 22.3 Å². The van der Waals surface area contributed by atoms with E-state index in [4.69, 9.17) is 9.72 Å². The van der Waals surface area contributed by atoms with Gasteiger partial charge in [0.15, 0.2) is 5.82 Å². The Balaban J connectivity index is 1.23. The van der Waals surface area contributed by atoms with Gasteiger partial charge in [0.25, 0.3) is 5.91 Å². The maximum absolute atomic E-state index is 16.0. The zero-order chi connectivity index (χ0) is 31.3. The first-order chi connectivity index (χ1) is 21.7. The highest BCUT2D eigenvalue weighted by Gasteiger charge is 2.34.